The molecule has 0 saturated carbocycles. The summed E-state index contributed by atoms with van der Waals surface area (Å²) in [5, 5.41) is 11.7. The third-order valence-corrected chi connectivity index (χ3v) is 12.3. The van der Waals surface area contributed by atoms with Gasteiger partial charge in [-0.2, -0.15) is 0 Å². The van der Waals surface area contributed by atoms with E-state index in [4.69, 9.17) is 18.9 Å². The van der Waals surface area contributed by atoms with E-state index in [1.54, 1.807) is 0 Å². The van der Waals surface area contributed by atoms with Crippen molar-refractivity contribution in [3.05, 3.63) is 97.2 Å². The van der Waals surface area contributed by atoms with Crippen molar-refractivity contribution in [3.63, 3.8) is 0 Å². The maximum atomic E-state index is 12.8. The Balaban J connectivity index is 4.01. The predicted octanol–water partition coefficient (Wildman–Crippen LogP) is 16.0. The van der Waals surface area contributed by atoms with Gasteiger partial charge in [-0.25, -0.2) is 0 Å². The highest BCUT2D eigenvalue weighted by molar-refractivity contribution is 5.70. The second kappa shape index (κ2) is 54.5. The van der Waals surface area contributed by atoms with Crippen LogP contribution < -0.4 is 5.11 Å². The molecule has 73 heavy (non-hydrogen) atoms. The summed E-state index contributed by atoms with van der Waals surface area (Å²) >= 11 is 0. The molecule has 0 aliphatic heterocycles. The molecule has 0 fully saturated rings. The van der Waals surface area contributed by atoms with Crippen LogP contribution in [0.3, 0.4) is 0 Å². The molecular formula is C64H109NO8. The fraction of sp³-hybridized carbons (Fsp3) is 0.703. The zero-order valence-corrected chi connectivity index (χ0v) is 47.5. The molecule has 0 aliphatic carbocycles. The number of hydrogen-bond acceptors (Lipinski definition) is 8. The van der Waals surface area contributed by atoms with Gasteiger partial charge >= 0.3 is 11.9 Å². The number of carbonyl (C=O) groups excluding carboxylic acids is 3. The molecule has 0 spiro atoms. The minimum Gasteiger partial charge on any atom is -0.545 e. The van der Waals surface area contributed by atoms with Crippen LogP contribution >= 0.6 is 0 Å². The molecule has 418 valence electrons. The second-order valence-corrected chi connectivity index (χ2v) is 20.6. The lowest BCUT2D eigenvalue weighted by Gasteiger charge is -2.26. The van der Waals surface area contributed by atoms with E-state index in [2.05, 4.69) is 111 Å². The molecule has 0 aromatic carbocycles. The van der Waals surface area contributed by atoms with Crippen molar-refractivity contribution >= 4 is 17.9 Å². The fourth-order valence-electron chi connectivity index (χ4n) is 7.85. The van der Waals surface area contributed by atoms with Crippen LogP contribution in [0.15, 0.2) is 97.2 Å². The number of rotatable bonds is 53. The number of likely N-dealkylation sites (N-methyl/N-ethyl adjacent to an activating group) is 1. The van der Waals surface area contributed by atoms with E-state index < -0.39 is 24.3 Å². The maximum Gasteiger partial charge on any atom is 0.306 e. The van der Waals surface area contributed by atoms with Gasteiger partial charge in [-0.05, 0) is 77.0 Å². The molecule has 0 aromatic heterocycles. The highest BCUT2D eigenvalue weighted by atomic mass is 16.7. The number of carboxylic acids is 1. The van der Waals surface area contributed by atoms with Gasteiger partial charge in [0.15, 0.2) is 12.4 Å². The molecule has 0 N–H and O–H groups in total. The zero-order valence-electron chi connectivity index (χ0n) is 47.5. The van der Waals surface area contributed by atoms with E-state index in [9.17, 15) is 19.5 Å². The number of carbonyl (C=O) groups is 3. The van der Waals surface area contributed by atoms with Crippen LogP contribution in [-0.4, -0.2) is 82.3 Å². The quantitative estimate of drug-likeness (QED) is 0.0195. The van der Waals surface area contributed by atoms with Gasteiger partial charge in [0.25, 0.3) is 0 Å². The van der Waals surface area contributed by atoms with Crippen LogP contribution in [0.25, 0.3) is 0 Å². The van der Waals surface area contributed by atoms with Crippen molar-refractivity contribution in [2.24, 2.45) is 0 Å². The number of ether oxygens (including phenoxy) is 4. The van der Waals surface area contributed by atoms with E-state index in [1.807, 2.05) is 21.1 Å². The second-order valence-electron chi connectivity index (χ2n) is 20.6. The van der Waals surface area contributed by atoms with Crippen LogP contribution in [0.2, 0.25) is 0 Å². The fourth-order valence-corrected chi connectivity index (χ4v) is 7.85. The molecule has 0 bridgehead atoms. The summed E-state index contributed by atoms with van der Waals surface area (Å²) in [7, 11) is 5.91. The normalized spacial score (nSPS) is 13.5. The minimum atomic E-state index is -1.62. The first-order valence-corrected chi connectivity index (χ1v) is 29.4. The minimum absolute atomic E-state index is 0.146. The number of esters is 2. The average Bonchev–Trinajstić information content (AvgIpc) is 3.36. The highest BCUT2D eigenvalue weighted by Crippen LogP contribution is 2.16. The molecule has 0 radical (unpaired) electrons. The number of hydrogen-bond donors (Lipinski definition) is 0. The molecular weight excluding hydrogens is 911 g/mol. The predicted molar refractivity (Wildman–Crippen MR) is 306 cm³/mol. The van der Waals surface area contributed by atoms with Gasteiger partial charge in [0.1, 0.15) is 13.2 Å². The van der Waals surface area contributed by atoms with Crippen molar-refractivity contribution < 1.29 is 42.9 Å². The summed E-state index contributed by atoms with van der Waals surface area (Å²) in [6.45, 7) is 4.60. The van der Waals surface area contributed by atoms with Crippen molar-refractivity contribution in [1.82, 2.24) is 0 Å². The lowest BCUT2D eigenvalue weighted by molar-refractivity contribution is -0.870. The van der Waals surface area contributed by atoms with E-state index >= 15 is 0 Å². The number of carboxylic acid groups (broad SMARTS) is 1. The summed E-state index contributed by atoms with van der Waals surface area (Å²) in [6, 6.07) is 0. The van der Waals surface area contributed by atoms with E-state index in [-0.39, 0.29) is 32.2 Å². The summed E-state index contributed by atoms with van der Waals surface area (Å²) in [5.41, 5.74) is 0. The number of allylic oxidation sites excluding steroid dienone is 16. The first-order chi connectivity index (χ1) is 35.6. The first-order valence-electron chi connectivity index (χ1n) is 29.4. The Kier molecular flexibility index (Phi) is 51.6. The highest BCUT2D eigenvalue weighted by Gasteiger charge is 2.22. The Labute approximate surface area is 448 Å². The van der Waals surface area contributed by atoms with Crippen LogP contribution in [0.4, 0.5) is 0 Å². The lowest BCUT2D eigenvalue weighted by Crippen LogP contribution is -2.44. The van der Waals surface area contributed by atoms with Gasteiger partial charge in [-0.1, -0.05) is 239 Å². The van der Waals surface area contributed by atoms with Crippen LogP contribution in [0, 0.1) is 0 Å². The van der Waals surface area contributed by atoms with E-state index in [0.717, 1.165) is 89.9 Å². The molecule has 2 unspecified atom stereocenters. The zero-order chi connectivity index (χ0) is 53.4. The third kappa shape index (κ3) is 55.8. The van der Waals surface area contributed by atoms with Crippen LogP contribution in [-0.2, 0) is 33.3 Å². The number of quaternary nitrogens is 1. The monoisotopic (exact) mass is 1020 g/mol. The lowest BCUT2D eigenvalue weighted by atomic mass is 10.0. The van der Waals surface area contributed by atoms with Crippen molar-refractivity contribution in [3.8, 4) is 0 Å². The molecule has 0 aromatic rings. The van der Waals surface area contributed by atoms with Gasteiger partial charge in [0.05, 0.1) is 40.3 Å². The van der Waals surface area contributed by atoms with Crippen molar-refractivity contribution in [2.45, 2.75) is 245 Å². The molecule has 0 amide bonds. The Morgan fingerprint density at radius 1 is 0.425 bits per heavy atom. The molecule has 9 heteroatoms. The smallest absolute Gasteiger partial charge is 0.306 e. The average molecular weight is 1020 g/mol. The summed E-state index contributed by atoms with van der Waals surface area (Å²) in [4.78, 5) is 37.1. The van der Waals surface area contributed by atoms with Crippen molar-refractivity contribution in [2.75, 3.05) is 47.5 Å². The summed E-state index contributed by atoms with van der Waals surface area (Å²) in [5.74, 6) is -2.29. The van der Waals surface area contributed by atoms with Gasteiger partial charge in [-0.15, -0.1) is 0 Å². The van der Waals surface area contributed by atoms with Crippen LogP contribution in [0.1, 0.15) is 232 Å². The first kappa shape index (κ1) is 69.2. The van der Waals surface area contributed by atoms with Crippen LogP contribution in [0.5, 0.6) is 0 Å². The van der Waals surface area contributed by atoms with Gasteiger partial charge < -0.3 is 33.3 Å². The molecule has 0 aliphatic rings. The SMILES string of the molecule is CC/C=C\C/C=C\C/C=C\C/C=C\C/C=C\C/C=C\C/C=C\C/C=C\CCCCCCCCCCCCCCCCC(=O)OC(COC(=O)CCCCCCCCCCC)COC(OCC[N+](C)(C)C)C(=O)[O-]. The van der Waals surface area contributed by atoms with E-state index in [1.165, 1.54) is 109 Å². The maximum absolute atomic E-state index is 12.8. The van der Waals surface area contributed by atoms with Crippen molar-refractivity contribution in [1.29, 1.82) is 0 Å². The largest absolute Gasteiger partial charge is 0.545 e. The van der Waals surface area contributed by atoms with Gasteiger partial charge in [-0.3, -0.25) is 9.59 Å². The molecule has 0 saturated heterocycles. The summed E-state index contributed by atoms with van der Waals surface area (Å²) < 4.78 is 22.6. The Hall–Kier alpha value is -3.79. The third-order valence-electron chi connectivity index (χ3n) is 12.3. The Morgan fingerprint density at radius 2 is 0.781 bits per heavy atom. The number of unbranched alkanes of at least 4 members (excludes halogenated alkanes) is 22. The van der Waals surface area contributed by atoms with Gasteiger partial charge in [0, 0.05) is 12.8 Å². The Morgan fingerprint density at radius 3 is 1.16 bits per heavy atom. The standard InChI is InChI=1S/C64H109NO8/c1-6-8-10-12-14-16-17-18-19-20-21-22-23-24-25-26-27-28-29-30-31-32-33-34-35-36-37-38-39-40-41-42-43-44-45-47-49-51-53-55-62(67)73-60(59-72-64(63(68)69)70-57-56-65(3,4)5)58-71-61(66)54-52-50-48-46-15-13-11-9-7-2/h8,10,14,16,18-19,21-22,24-25,27-28,30-31,33-34,60,64H,6-7,9,11-13,15,17,20,23,26,29,32,35-59H2,1-5H3/b10-8-,16-14-,19-18-,22-21-,25-24-,28-27-,31-30-,34-33-. The topological polar surface area (TPSA) is 111 Å². The molecule has 2 atom stereocenters. The number of nitrogens with zero attached hydrogens (tertiary/aromatic N) is 1. The Bertz CT molecular complexity index is 1520. The van der Waals surface area contributed by atoms with E-state index in [0.29, 0.717) is 23.9 Å². The summed E-state index contributed by atoms with van der Waals surface area (Å²) in [6.07, 6.45) is 70.6. The molecule has 0 heterocycles. The molecule has 9 nitrogen and oxygen atoms in total. The molecule has 0 rings (SSSR count). The number of aliphatic carboxylic acids is 1. The van der Waals surface area contributed by atoms with Gasteiger partial charge in [0.2, 0.25) is 0 Å².